The molecule has 0 bridgehead atoms. The number of aryl methyl sites for hydroxylation is 1. The van der Waals surface area contributed by atoms with E-state index < -0.39 is 5.82 Å². The summed E-state index contributed by atoms with van der Waals surface area (Å²) in [6, 6.07) is 7.50. The molecule has 2 fully saturated rings. The van der Waals surface area contributed by atoms with Gasteiger partial charge in [0, 0.05) is 37.4 Å². The van der Waals surface area contributed by atoms with Crippen molar-refractivity contribution in [2.75, 3.05) is 31.6 Å². The zero-order chi connectivity index (χ0) is 19.7. The van der Waals surface area contributed by atoms with E-state index in [1.54, 1.807) is 30.0 Å². The lowest BCUT2D eigenvalue weighted by Gasteiger charge is -2.37. The number of carbonyl (C=O) groups excluding carboxylic acids is 2. The molecular weight excluding hydrogens is 363 g/mol. The average molecular weight is 386 g/mol. The Morgan fingerprint density at radius 1 is 1.25 bits per heavy atom. The number of likely N-dealkylation sites (tertiary alicyclic amines) is 1. The van der Waals surface area contributed by atoms with Crippen LogP contribution < -0.4 is 5.32 Å². The van der Waals surface area contributed by atoms with E-state index in [-0.39, 0.29) is 23.1 Å². The van der Waals surface area contributed by atoms with Crippen LogP contribution in [-0.4, -0.2) is 43.0 Å². The summed E-state index contributed by atoms with van der Waals surface area (Å²) in [5.74, 6) is -0.531. The van der Waals surface area contributed by atoms with E-state index in [4.69, 9.17) is 9.15 Å². The molecule has 1 spiro atoms. The van der Waals surface area contributed by atoms with Crippen molar-refractivity contribution >= 4 is 17.5 Å². The van der Waals surface area contributed by atoms with E-state index in [0.717, 1.165) is 0 Å². The minimum atomic E-state index is -0.405. The molecule has 4 rings (SSSR count). The van der Waals surface area contributed by atoms with Gasteiger partial charge in [-0.25, -0.2) is 4.39 Å². The number of anilines is 1. The Morgan fingerprint density at radius 3 is 2.71 bits per heavy atom. The van der Waals surface area contributed by atoms with Crippen LogP contribution in [0.1, 0.15) is 29.0 Å². The summed E-state index contributed by atoms with van der Waals surface area (Å²) in [6.45, 7) is 3.71. The van der Waals surface area contributed by atoms with Crippen molar-refractivity contribution in [1.82, 2.24) is 4.90 Å². The topological polar surface area (TPSA) is 71.8 Å². The van der Waals surface area contributed by atoms with Gasteiger partial charge < -0.3 is 19.4 Å². The SMILES string of the molecule is Cc1occc1C(=O)N1CC(C(=O)Nc2cccc(F)c2)C2(CCOCC2)C1. The predicted molar refractivity (Wildman–Crippen MR) is 100 cm³/mol. The number of halogens is 1. The molecule has 2 amide bonds. The lowest BCUT2D eigenvalue weighted by molar-refractivity contribution is -0.124. The van der Waals surface area contributed by atoms with Crippen molar-refractivity contribution in [3.63, 3.8) is 0 Å². The molecule has 1 aromatic carbocycles. The summed E-state index contributed by atoms with van der Waals surface area (Å²) in [6.07, 6.45) is 2.92. The molecule has 6 nitrogen and oxygen atoms in total. The maximum absolute atomic E-state index is 13.5. The quantitative estimate of drug-likeness (QED) is 0.879. The molecule has 0 saturated carbocycles. The first-order valence-corrected chi connectivity index (χ1v) is 9.46. The Balaban J connectivity index is 1.57. The van der Waals surface area contributed by atoms with E-state index >= 15 is 0 Å². The lowest BCUT2D eigenvalue weighted by Crippen LogP contribution is -2.42. The number of carbonyl (C=O) groups is 2. The van der Waals surface area contributed by atoms with E-state index in [1.807, 2.05) is 0 Å². The van der Waals surface area contributed by atoms with E-state index in [9.17, 15) is 14.0 Å². The van der Waals surface area contributed by atoms with Crippen LogP contribution in [-0.2, 0) is 9.53 Å². The van der Waals surface area contributed by atoms with Crippen LogP contribution in [0.4, 0.5) is 10.1 Å². The van der Waals surface area contributed by atoms with Gasteiger partial charge in [0.15, 0.2) is 0 Å². The fraction of sp³-hybridized carbons (Fsp3) is 0.429. The van der Waals surface area contributed by atoms with Crippen molar-refractivity contribution in [1.29, 1.82) is 0 Å². The molecule has 1 aromatic heterocycles. The van der Waals surface area contributed by atoms with Gasteiger partial charge in [0.05, 0.1) is 17.7 Å². The Morgan fingerprint density at radius 2 is 2.04 bits per heavy atom. The molecule has 148 valence electrons. The normalized spacial score (nSPS) is 21.1. The van der Waals surface area contributed by atoms with Crippen molar-refractivity contribution < 1.29 is 23.1 Å². The van der Waals surface area contributed by atoms with Gasteiger partial charge in [-0.05, 0) is 44.0 Å². The van der Waals surface area contributed by atoms with Crippen LogP contribution in [0.3, 0.4) is 0 Å². The van der Waals surface area contributed by atoms with Gasteiger partial charge in [-0.3, -0.25) is 9.59 Å². The smallest absolute Gasteiger partial charge is 0.257 e. The first-order valence-electron chi connectivity index (χ1n) is 9.46. The van der Waals surface area contributed by atoms with Gasteiger partial charge in [-0.15, -0.1) is 0 Å². The van der Waals surface area contributed by atoms with Crippen LogP contribution in [0.2, 0.25) is 0 Å². The van der Waals surface area contributed by atoms with E-state index in [2.05, 4.69) is 5.32 Å². The summed E-state index contributed by atoms with van der Waals surface area (Å²) in [5.41, 5.74) is 0.610. The second kappa shape index (κ2) is 7.39. The lowest BCUT2D eigenvalue weighted by atomic mass is 9.71. The molecule has 3 heterocycles. The predicted octanol–water partition coefficient (Wildman–Crippen LogP) is 3.23. The highest BCUT2D eigenvalue weighted by molar-refractivity contribution is 5.97. The summed E-state index contributed by atoms with van der Waals surface area (Å²) < 4.78 is 24.2. The maximum Gasteiger partial charge on any atom is 0.257 e. The summed E-state index contributed by atoms with van der Waals surface area (Å²) >= 11 is 0. The number of hydrogen-bond donors (Lipinski definition) is 1. The summed E-state index contributed by atoms with van der Waals surface area (Å²) in [4.78, 5) is 27.8. The second-order valence-corrected chi connectivity index (χ2v) is 7.60. The van der Waals surface area contributed by atoms with Crippen molar-refractivity contribution in [2.24, 2.45) is 11.3 Å². The average Bonchev–Trinajstić information content (AvgIpc) is 3.26. The molecule has 2 aliphatic heterocycles. The van der Waals surface area contributed by atoms with E-state index in [1.165, 1.54) is 18.4 Å². The van der Waals surface area contributed by atoms with Crippen LogP contribution in [0, 0.1) is 24.1 Å². The van der Waals surface area contributed by atoms with Gasteiger partial charge in [0.2, 0.25) is 5.91 Å². The Labute approximate surface area is 162 Å². The highest BCUT2D eigenvalue weighted by atomic mass is 19.1. The molecule has 1 N–H and O–H groups in total. The zero-order valence-corrected chi connectivity index (χ0v) is 15.7. The minimum Gasteiger partial charge on any atom is -0.469 e. The van der Waals surface area contributed by atoms with Gasteiger partial charge in [0.1, 0.15) is 11.6 Å². The molecule has 28 heavy (non-hydrogen) atoms. The molecule has 2 aliphatic rings. The van der Waals surface area contributed by atoms with Crippen molar-refractivity contribution in [3.05, 3.63) is 53.7 Å². The number of nitrogens with one attached hydrogen (secondary N) is 1. The third-order valence-electron chi connectivity index (χ3n) is 5.92. The summed E-state index contributed by atoms with van der Waals surface area (Å²) in [5, 5.41) is 2.83. The number of benzene rings is 1. The van der Waals surface area contributed by atoms with Gasteiger partial charge in [-0.1, -0.05) is 6.07 Å². The van der Waals surface area contributed by atoms with Gasteiger partial charge in [-0.2, -0.15) is 0 Å². The number of hydrogen-bond acceptors (Lipinski definition) is 4. The standard InChI is InChI=1S/C21H23FN2O4/c1-14-17(5-8-28-14)20(26)24-12-18(21(13-24)6-9-27-10-7-21)19(25)23-16-4-2-3-15(22)11-16/h2-5,8,11,18H,6-7,9-10,12-13H2,1H3,(H,23,25). The van der Waals surface area contributed by atoms with Crippen LogP contribution >= 0.6 is 0 Å². The van der Waals surface area contributed by atoms with Crippen LogP contribution in [0.15, 0.2) is 41.0 Å². The third kappa shape index (κ3) is 3.42. The van der Waals surface area contributed by atoms with Gasteiger partial charge >= 0.3 is 0 Å². The van der Waals surface area contributed by atoms with E-state index in [0.29, 0.717) is 56.2 Å². The molecule has 2 saturated heterocycles. The van der Waals surface area contributed by atoms with Gasteiger partial charge in [0.25, 0.3) is 5.91 Å². The fourth-order valence-corrected chi connectivity index (χ4v) is 4.34. The number of nitrogens with zero attached hydrogens (tertiary/aromatic N) is 1. The molecule has 7 heteroatoms. The number of ether oxygens (including phenoxy) is 1. The summed E-state index contributed by atoms with van der Waals surface area (Å²) in [7, 11) is 0. The first-order chi connectivity index (χ1) is 13.5. The Bertz CT molecular complexity index is 888. The van der Waals surface area contributed by atoms with Crippen molar-refractivity contribution in [2.45, 2.75) is 19.8 Å². The highest BCUT2D eigenvalue weighted by Gasteiger charge is 2.52. The third-order valence-corrected chi connectivity index (χ3v) is 5.92. The molecule has 1 atom stereocenters. The minimum absolute atomic E-state index is 0.127. The second-order valence-electron chi connectivity index (χ2n) is 7.60. The monoisotopic (exact) mass is 386 g/mol. The largest absolute Gasteiger partial charge is 0.469 e. The first kappa shape index (κ1) is 18.7. The van der Waals surface area contributed by atoms with Crippen molar-refractivity contribution in [3.8, 4) is 0 Å². The number of furan rings is 1. The molecule has 1 unspecified atom stereocenters. The Kier molecular flexibility index (Phi) is 4.93. The molecule has 0 radical (unpaired) electrons. The molecule has 2 aromatic rings. The molecular formula is C21H23FN2O4. The van der Waals surface area contributed by atoms with Crippen LogP contribution in [0.25, 0.3) is 0 Å². The number of amides is 2. The highest BCUT2D eigenvalue weighted by Crippen LogP contribution is 2.45. The number of rotatable bonds is 3. The van der Waals surface area contributed by atoms with Crippen LogP contribution in [0.5, 0.6) is 0 Å². The fourth-order valence-electron chi connectivity index (χ4n) is 4.34. The Hall–Kier alpha value is -2.67. The zero-order valence-electron chi connectivity index (χ0n) is 15.7. The maximum atomic E-state index is 13.5. The molecule has 0 aliphatic carbocycles.